The smallest absolute Gasteiger partial charge is 0.0159 e. The van der Waals surface area contributed by atoms with Gasteiger partial charge >= 0.3 is 0 Å². The Morgan fingerprint density at radius 2 is 0.702 bits per heavy atom. The van der Waals surface area contributed by atoms with E-state index in [0.717, 1.165) is 0 Å². The summed E-state index contributed by atoms with van der Waals surface area (Å²) < 4.78 is 0. The lowest BCUT2D eigenvalue weighted by atomic mass is 9.80. The van der Waals surface area contributed by atoms with Crippen LogP contribution in [-0.4, -0.2) is 0 Å². The molecule has 0 aromatic heterocycles. The maximum atomic E-state index is 2.49. The van der Waals surface area contributed by atoms with Crippen LogP contribution in [0.2, 0.25) is 0 Å². The van der Waals surface area contributed by atoms with E-state index < -0.39 is 0 Å². The Kier molecular flexibility index (Phi) is 5.44. The van der Waals surface area contributed by atoms with Crippen LogP contribution in [0.5, 0.6) is 0 Å². The van der Waals surface area contributed by atoms with Crippen molar-refractivity contribution < 1.29 is 0 Å². The molecular weight excluding hydrogens is 565 g/mol. The average molecular weight is 597 g/mol. The predicted molar refractivity (Wildman–Crippen MR) is 202 cm³/mol. The maximum absolute atomic E-state index is 2.49. The van der Waals surface area contributed by atoms with Gasteiger partial charge in [-0.1, -0.05) is 135 Å². The van der Waals surface area contributed by atoms with Gasteiger partial charge in [0.2, 0.25) is 0 Å². The van der Waals surface area contributed by atoms with E-state index in [1.807, 2.05) is 0 Å². The van der Waals surface area contributed by atoms with Crippen LogP contribution < -0.4 is 0 Å². The molecule has 0 amide bonds. The summed E-state index contributed by atoms with van der Waals surface area (Å²) >= 11 is 0. The highest BCUT2D eigenvalue weighted by atomic mass is 14.4. The van der Waals surface area contributed by atoms with E-state index in [1.54, 1.807) is 0 Å². The van der Waals surface area contributed by atoms with Crippen molar-refractivity contribution in [2.24, 2.45) is 0 Å². The second kappa shape index (κ2) is 9.64. The summed E-state index contributed by atoms with van der Waals surface area (Å²) in [6, 6.07) is 58.9. The van der Waals surface area contributed by atoms with Crippen molar-refractivity contribution in [2.75, 3.05) is 0 Å². The molecule has 220 valence electrons. The van der Waals surface area contributed by atoms with Gasteiger partial charge < -0.3 is 0 Å². The Hall–Kier alpha value is -5.72. The van der Waals surface area contributed by atoms with Gasteiger partial charge in [0.25, 0.3) is 0 Å². The molecule has 0 nitrogen and oxygen atoms in total. The third-order valence-corrected chi connectivity index (χ3v) is 10.8. The van der Waals surface area contributed by atoms with Crippen molar-refractivity contribution in [3.05, 3.63) is 169 Å². The summed E-state index contributed by atoms with van der Waals surface area (Å²) in [7, 11) is 0. The third kappa shape index (κ3) is 3.88. The largest absolute Gasteiger partial charge is 0.0616 e. The number of hydrogen-bond acceptors (Lipinski definition) is 0. The van der Waals surface area contributed by atoms with Crippen LogP contribution in [0.1, 0.15) is 25.0 Å². The molecule has 0 radical (unpaired) electrons. The molecule has 1 aliphatic carbocycles. The zero-order valence-corrected chi connectivity index (χ0v) is 26.5. The first-order chi connectivity index (χ1) is 23.0. The van der Waals surface area contributed by atoms with Crippen LogP contribution in [0.25, 0.3) is 87.2 Å². The molecule has 0 heterocycles. The van der Waals surface area contributed by atoms with Gasteiger partial charge in [0.05, 0.1) is 0 Å². The SMILES string of the molecule is CC1(C)c2cc(-c3ccc4cc(-c5ccc6ccccc6c5)ccc4c3)ccc2-c2cc3c4ccccc4c4ccccc4c3cc21. The number of fused-ring (bicyclic) bond motifs is 11. The van der Waals surface area contributed by atoms with Gasteiger partial charge in [0, 0.05) is 5.41 Å². The fourth-order valence-corrected chi connectivity index (χ4v) is 8.29. The van der Waals surface area contributed by atoms with Gasteiger partial charge in [-0.3, -0.25) is 0 Å². The van der Waals surface area contributed by atoms with Crippen LogP contribution in [0.4, 0.5) is 0 Å². The van der Waals surface area contributed by atoms with Crippen LogP contribution >= 0.6 is 0 Å². The predicted octanol–water partition coefficient (Wildman–Crippen LogP) is 13.1. The van der Waals surface area contributed by atoms with Crippen LogP contribution in [0.3, 0.4) is 0 Å². The highest BCUT2D eigenvalue weighted by Crippen LogP contribution is 2.52. The molecule has 0 heteroatoms. The van der Waals surface area contributed by atoms with Gasteiger partial charge in [-0.15, -0.1) is 0 Å². The third-order valence-electron chi connectivity index (χ3n) is 10.8. The normalized spacial score (nSPS) is 13.5. The summed E-state index contributed by atoms with van der Waals surface area (Å²) in [4.78, 5) is 0. The standard InChI is InChI=1S/C47H32/c1-47(2)45-26-36(35-20-19-33-24-32(17-18-34(33)25-35)31-16-15-29-9-3-4-10-30(29)23-31)21-22-41(45)44-27-42-39-13-7-5-11-37(39)38-12-6-8-14-40(38)43(42)28-46(44)47/h3-28H,1-2H3. The Morgan fingerprint density at radius 1 is 0.298 bits per heavy atom. The molecule has 0 atom stereocenters. The van der Waals surface area contributed by atoms with Gasteiger partial charge in [0.1, 0.15) is 0 Å². The summed E-state index contributed by atoms with van der Waals surface area (Å²) in [5.41, 5.74) is 10.5. The van der Waals surface area contributed by atoms with E-state index in [4.69, 9.17) is 0 Å². The van der Waals surface area contributed by atoms with Crippen molar-refractivity contribution in [2.45, 2.75) is 19.3 Å². The number of hydrogen-bond donors (Lipinski definition) is 0. The van der Waals surface area contributed by atoms with Gasteiger partial charge in [0.15, 0.2) is 0 Å². The average Bonchev–Trinajstić information content (AvgIpc) is 3.35. The van der Waals surface area contributed by atoms with Crippen LogP contribution in [0, 0.1) is 0 Å². The van der Waals surface area contributed by atoms with E-state index in [2.05, 4.69) is 172 Å². The first-order valence-corrected chi connectivity index (χ1v) is 16.6. The molecule has 9 aromatic carbocycles. The van der Waals surface area contributed by atoms with E-state index in [1.165, 1.54) is 98.4 Å². The second-order valence-corrected chi connectivity index (χ2v) is 13.8. The second-order valence-electron chi connectivity index (χ2n) is 13.8. The summed E-state index contributed by atoms with van der Waals surface area (Å²) in [5.74, 6) is 0. The fourth-order valence-electron chi connectivity index (χ4n) is 8.29. The zero-order chi connectivity index (χ0) is 31.3. The number of benzene rings is 9. The summed E-state index contributed by atoms with van der Waals surface area (Å²) in [6.07, 6.45) is 0. The minimum atomic E-state index is -0.104. The molecule has 0 saturated heterocycles. The van der Waals surface area contributed by atoms with Crippen molar-refractivity contribution in [3.63, 3.8) is 0 Å². The highest BCUT2D eigenvalue weighted by molar-refractivity contribution is 6.26. The van der Waals surface area contributed by atoms with E-state index in [0.29, 0.717) is 0 Å². The lowest BCUT2D eigenvalue weighted by molar-refractivity contribution is 0.661. The molecule has 1 aliphatic rings. The molecule has 0 fully saturated rings. The number of rotatable bonds is 2. The molecule has 0 saturated carbocycles. The first-order valence-electron chi connectivity index (χ1n) is 16.6. The molecule has 9 aromatic rings. The molecule has 0 N–H and O–H groups in total. The molecule has 0 spiro atoms. The highest BCUT2D eigenvalue weighted by Gasteiger charge is 2.36. The molecule has 10 rings (SSSR count). The van der Waals surface area contributed by atoms with E-state index >= 15 is 0 Å². The van der Waals surface area contributed by atoms with Gasteiger partial charge in [-0.2, -0.15) is 0 Å². The van der Waals surface area contributed by atoms with Gasteiger partial charge in [-0.25, -0.2) is 0 Å². The fraction of sp³-hybridized carbons (Fsp3) is 0.0638. The Bertz CT molecular complexity index is 2760. The van der Waals surface area contributed by atoms with Gasteiger partial charge in [-0.05, 0) is 135 Å². The van der Waals surface area contributed by atoms with Crippen LogP contribution in [-0.2, 0) is 5.41 Å². The van der Waals surface area contributed by atoms with Crippen molar-refractivity contribution in [3.8, 4) is 33.4 Å². The quantitative estimate of drug-likeness (QED) is 0.174. The minimum Gasteiger partial charge on any atom is -0.0616 e. The molecular formula is C47H32. The molecule has 0 unspecified atom stereocenters. The Labute approximate surface area is 274 Å². The Balaban J connectivity index is 1.08. The lowest BCUT2D eigenvalue weighted by Gasteiger charge is -2.23. The summed E-state index contributed by atoms with van der Waals surface area (Å²) in [6.45, 7) is 4.79. The molecule has 0 aliphatic heterocycles. The summed E-state index contributed by atoms with van der Waals surface area (Å²) in [5, 5.41) is 13.1. The van der Waals surface area contributed by atoms with Crippen LogP contribution in [0.15, 0.2) is 158 Å². The monoisotopic (exact) mass is 596 g/mol. The zero-order valence-electron chi connectivity index (χ0n) is 26.5. The molecule has 0 bridgehead atoms. The Morgan fingerprint density at radius 3 is 1.30 bits per heavy atom. The van der Waals surface area contributed by atoms with E-state index in [9.17, 15) is 0 Å². The van der Waals surface area contributed by atoms with Crippen molar-refractivity contribution in [1.29, 1.82) is 0 Å². The lowest BCUT2D eigenvalue weighted by Crippen LogP contribution is -2.15. The van der Waals surface area contributed by atoms with Crippen molar-refractivity contribution >= 4 is 53.9 Å². The van der Waals surface area contributed by atoms with E-state index in [-0.39, 0.29) is 5.41 Å². The maximum Gasteiger partial charge on any atom is 0.0159 e. The first kappa shape index (κ1) is 26.5. The minimum absolute atomic E-state index is 0.104. The topological polar surface area (TPSA) is 0 Å². The van der Waals surface area contributed by atoms with Crippen molar-refractivity contribution in [1.82, 2.24) is 0 Å². The molecule has 47 heavy (non-hydrogen) atoms.